The Balaban J connectivity index is 1.55. The molecular weight excluding hydrogens is 416 g/mol. The van der Waals surface area contributed by atoms with Crippen molar-refractivity contribution in [2.24, 2.45) is 0 Å². The average molecular weight is 437 g/mol. The SMILES string of the molecule is O=C(CCc1ccc(-c2cccc(-n3nc4ccc(Cl)cc4n3)c2O)cc1)NCCO. The van der Waals surface area contributed by atoms with Gasteiger partial charge in [0.1, 0.15) is 16.7 Å². The minimum absolute atomic E-state index is 0.0686. The maximum Gasteiger partial charge on any atom is 0.220 e. The van der Waals surface area contributed by atoms with E-state index in [1.54, 1.807) is 24.3 Å². The molecule has 0 aliphatic carbocycles. The molecule has 0 unspecified atom stereocenters. The molecule has 1 heterocycles. The number of rotatable bonds is 7. The van der Waals surface area contributed by atoms with Gasteiger partial charge >= 0.3 is 0 Å². The van der Waals surface area contributed by atoms with Crippen molar-refractivity contribution in [3.05, 3.63) is 71.2 Å². The van der Waals surface area contributed by atoms with Gasteiger partial charge in [-0.05, 0) is 41.8 Å². The lowest BCUT2D eigenvalue weighted by Crippen LogP contribution is -2.26. The standard InChI is InChI=1S/C23H21ClN4O3/c24-17-9-10-19-20(14-17)27-28(26-19)21-3-1-2-18(23(21)31)16-7-4-15(5-8-16)6-11-22(30)25-12-13-29/h1-5,7-10,14,29,31H,6,11-13H2,(H,25,30). The number of hydrogen-bond acceptors (Lipinski definition) is 5. The van der Waals surface area contributed by atoms with Crippen LogP contribution in [0, 0.1) is 0 Å². The van der Waals surface area contributed by atoms with Gasteiger partial charge in [-0.25, -0.2) is 0 Å². The highest BCUT2D eigenvalue weighted by atomic mass is 35.5. The third-order valence-electron chi connectivity index (χ3n) is 4.91. The summed E-state index contributed by atoms with van der Waals surface area (Å²) in [5, 5.41) is 31.7. The molecule has 7 nitrogen and oxygen atoms in total. The number of aromatic nitrogens is 3. The second-order valence-electron chi connectivity index (χ2n) is 7.07. The smallest absolute Gasteiger partial charge is 0.220 e. The molecule has 0 bridgehead atoms. The summed E-state index contributed by atoms with van der Waals surface area (Å²) in [5.41, 5.74) is 4.30. The molecule has 8 heteroatoms. The Morgan fingerprint density at radius 3 is 2.58 bits per heavy atom. The number of nitrogens with zero attached hydrogens (tertiary/aromatic N) is 3. The zero-order chi connectivity index (χ0) is 21.8. The summed E-state index contributed by atoms with van der Waals surface area (Å²) in [4.78, 5) is 13.1. The van der Waals surface area contributed by atoms with E-state index < -0.39 is 0 Å². The van der Waals surface area contributed by atoms with Crippen LogP contribution in [0.25, 0.3) is 27.8 Å². The van der Waals surface area contributed by atoms with Gasteiger partial charge in [0.2, 0.25) is 5.91 Å². The topological polar surface area (TPSA) is 100 Å². The van der Waals surface area contributed by atoms with Gasteiger partial charge in [-0.1, -0.05) is 48.0 Å². The number of nitrogens with one attached hydrogen (secondary N) is 1. The van der Waals surface area contributed by atoms with E-state index in [0.29, 0.717) is 40.1 Å². The van der Waals surface area contributed by atoms with Crippen molar-refractivity contribution in [1.29, 1.82) is 0 Å². The van der Waals surface area contributed by atoms with E-state index in [1.165, 1.54) is 4.80 Å². The number of hydrogen-bond donors (Lipinski definition) is 3. The van der Waals surface area contributed by atoms with Gasteiger partial charge in [-0.3, -0.25) is 4.79 Å². The summed E-state index contributed by atoms with van der Waals surface area (Å²) in [6.07, 6.45) is 0.943. The molecule has 158 valence electrons. The van der Waals surface area contributed by atoms with Crippen LogP contribution >= 0.6 is 11.6 Å². The summed E-state index contributed by atoms with van der Waals surface area (Å²) in [6.45, 7) is 0.196. The molecule has 0 radical (unpaired) electrons. The van der Waals surface area contributed by atoms with Crippen LogP contribution < -0.4 is 5.32 Å². The van der Waals surface area contributed by atoms with Crippen molar-refractivity contribution in [1.82, 2.24) is 20.3 Å². The normalized spacial score (nSPS) is 11.0. The van der Waals surface area contributed by atoms with Crippen LogP contribution in [-0.4, -0.2) is 44.3 Å². The Kier molecular flexibility index (Phi) is 6.16. The van der Waals surface area contributed by atoms with Crippen LogP contribution in [0.5, 0.6) is 5.75 Å². The van der Waals surface area contributed by atoms with Crippen molar-refractivity contribution in [3.8, 4) is 22.6 Å². The first-order valence-corrected chi connectivity index (χ1v) is 10.2. The predicted octanol–water partition coefficient (Wildman–Crippen LogP) is 3.49. The van der Waals surface area contributed by atoms with Crippen LogP contribution in [0.3, 0.4) is 0 Å². The highest BCUT2D eigenvalue weighted by Gasteiger charge is 2.14. The minimum atomic E-state index is -0.0936. The van der Waals surface area contributed by atoms with E-state index in [9.17, 15) is 9.90 Å². The molecule has 31 heavy (non-hydrogen) atoms. The number of fused-ring (bicyclic) bond motifs is 1. The molecule has 0 saturated heterocycles. The van der Waals surface area contributed by atoms with Gasteiger partial charge < -0.3 is 15.5 Å². The van der Waals surface area contributed by atoms with E-state index >= 15 is 0 Å². The first-order chi connectivity index (χ1) is 15.0. The van der Waals surface area contributed by atoms with E-state index in [2.05, 4.69) is 15.5 Å². The Hall–Kier alpha value is -3.42. The monoisotopic (exact) mass is 436 g/mol. The van der Waals surface area contributed by atoms with Crippen molar-refractivity contribution in [2.75, 3.05) is 13.2 Å². The second kappa shape index (κ2) is 9.16. The van der Waals surface area contributed by atoms with Gasteiger partial charge in [-0.2, -0.15) is 0 Å². The van der Waals surface area contributed by atoms with Gasteiger partial charge in [0.15, 0.2) is 5.75 Å². The number of aromatic hydroxyl groups is 1. The molecule has 0 aliphatic heterocycles. The summed E-state index contributed by atoms with van der Waals surface area (Å²) < 4.78 is 0. The summed E-state index contributed by atoms with van der Waals surface area (Å²) in [5.74, 6) is -0.0195. The first kappa shape index (κ1) is 20.8. The van der Waals surface area contributed by atoms with Crippen LogP contribution in [0.15, 0.2) is 60.7 Å². The van der Waals surface area contributed by atoms with Crippen molar-refractivity contribution >= 4 is 28.5 Å². The molecule has 0 saturated carbocycles. The van der Waals surface area contributed by atoms with Crippen LogP contribution in [0.1, 0.15) is 12.0 Å². The maximum absolute atomic E-state index is 11.7. The highest BCUT2D eigenvalue weighted by Crippen LogP contribution is 2.34. The van der Waals surface area contributed by atoms with Gasteiger partial charge in [0.05, 0.1) is 6.61 Å². The number of phenols is 1. The van der Waals surface area contributed by atoms with Gasteiger partial charge in [0.25, 0.3) is 0 Å². The lowest BCUT2D eigenvalue weighted by Gasteiger charge is -2.10. The number of carbonyl (C=O) groups is 1. The van der Waals surface area contributed by atoms with E-state index in [-0.39, 0.29) is 24.8 Å². The minimum Gasteiger partial charge on any atom is -0.505 e. The molecule has 1 amide bonds. The number of benzene rings is 3. The fourth-order valence-corrected chi connectivity index (χ4v) is 3.48. The quantitative estimate of drug-likeness (QED) is 0.411. The number of carbonyl (C=O) groups excluding carboxylic acids is 1. The van der Waals surface area contributed by atoms with Crippen LogP contribution in [-0.2, 0) is 11.2 Å². The molecule has 3 aromatic carbocycles. The molecular formula is C23H21ClN4O3. The number of aliphatic hydroxyl groups is 1. The number of halogens is 1. The Morgan fingerprint density at radius 1 is 1.03 bits per heavy atom. The van der Waals surface area contributed by atoms with E-state index in [0.717, 1.165) is 11.1 Å². The number of phenolic OH excluding ortho intramolecular Hbond substituents is 1. The summed E-state index contributed by atoms with van der Waals surface area (Å²) in [6, 6.07) is 18.4. The van der Waals surface area contributed by atoms with E-state index in [4.69, 9.17) is 16.7 Å². The van der Waals surface area contributed by atoms with Crippen LogP contribution in [0.4, 0.5) is 0 Å². The molecule has 1 aromatic heterocycles. The molecule has 3 N–H and O–H groups in total. The van der Waals surface area contributed by atoms with E-state index in [1.807, 2.05) is 36.4 Å². The number of aliphatic hydroxyl groups excluding tert-OH is 1. The average Bonchev–Trinajstić information content (AvgIpc) is 3.19. The highest BCUT2D eigenvalue weighted by molar-refractivity contribution is 6.31. The fourth-order valence-electron chi connectivity index (χ4n) is 3.31. The van der Waals surface area contributed by atoms with Crippen molar-refractivity contribution in [2.45, 2.75) is 12.8 Å². The molecule has 4 aromatic rings. The van der Waals surface area contributed by atoms with Crippen molar-refractivity contribution in [3.63, 3.8) is 0 Å². The zero-order valence-electron chi connectivity index (χ0n) is 16.6. The Morgan fingerprint density at radius 2 is 1.81 bits per heavy atom. The second-order valence-corrected chi connectivity index (χ2v) is 7.50. The number of aryl methyl sites for hydroxylation is 1. The Bertz CT molecular complexity index is 1220. The maximum atomic E-state index is 11.7. The number of amides is 1. The third-order valence-corrected chi connectivity index (χ3v) is 5.15. The largest absolute Gasteiger partial charge is 0.505 e. The number of para-hydroxylation sites is 1. The lowest BCUT2D eigenvalue weighted by atomic mass is 10.0. The summed E-state index contributed by atoms with van der Waals surface area (Å²) in [7, 11) is 0. The molecule has 4 rings (SSSR count). The van der Waals surface area contributed by atoms with Gasteiger partial charge in [-0.15, -0.1) is 15.0 Å². The fraction of sp³-hybridized carbons (Fsp3) is 0.174. The first-order valence-electron chi connectivity index (χ1n) is 9.87. The third kappa shape index (κ3) is 4.68. The van der Waals surface area contributed by atoms with Gasteiger partial charge in [0, 0.05) is 23.6 Å². The molecule has 0 fully saturated rings. The van der Waals surface area contributed by atoms with Crippen molar-refractivity contribution < 1.29 is 15.0 Å². The molecule has 0 aliphatic rings. The molecule has 0 atom stereocenters. The summed E-state index contributed by atoms with van der Waals surface area (Å²) >= 11 is 6.03. The van der Waals surface area contributed by atoms with Crippen LogP contribution in [0.2, 0.25) is 5.02 Å². The lowest BCUT2D eigenvalue weighted by molar-refractivity contribution is -0.121. The molecule has 0 spiro atoms. The Labute approximate surface area is 183 Å². The predicted molar refractivity (Wildman–Crippen MR) is 119 cm³/mol. The zero-order valence-corrected chi connectivity index (χ0v) is 17.4.